The van der Waals surface area contributed by atoms with Gasteiger partial charge in [-0.1, -0.05) is 17.7 Å². The van der Waals surface area contributed by atoms with Gasteiger partial charge in [-0.15, -0.1) is 0 Å². The lowest BCUT2D eigenvalue weighted by Gasteiger charge is -2.22. The van der Waals surface area contributed by atoms with Crippen LogP contribution in [-0.2, 0) is 10.0 Å². The molecule has 0 aliphatic heterocycles. The Morgan fingerprint density at radius 3 is 2.06 bits per heavy atom. The molecular weight excluding hydrogens is 248 g/mol. The molecule has 0 saturated carbocycles. The van der Waals surface area contributed by atoms with Gasteiger partial charge in [-0.25, -0.2) is 8.42 Å². The van der Waals surface area contributed by atoms with E-state index in [4.69, 9.17) is 5.26 Å². The van der Waals surface area contributed by atoms with Gasteiger partial charge in [0.05, 0.1) is 11.0 Å². The molecule has 1 aromatic rings. The van der Waals surface area contributed by atoms with Gasteiger partial charge in [-0.2, -0.15) is 9.57 Å². The molecule has 0 aliphatic rings. The van der Waals surface area contributed by atoms with Crippen molar-refractivity contribution in [2.75, 3.05) is 7.05 Å². The first-order chi connectivity index (χ1) is 8.21. The summed E-state index contributed by atoms with van der Waals surface area (Å²) in [5.74, 6) is 0. The molecule has 1 unspecified atom stereocenters. The summed E-state index contributed by atoms with van der Waals surface area (Å²) in [4.78, 5) is 0.303. The topological polar surface area (TPSA) is 61.2 Å². The number of benzene rings is 1. The van der Waals surface area contributed by atoms with Crippen LogP contribution >= 0.6 is 0 Å². The van der Waals surface area contributed by atoms with Crippen molar-refractivity contribution in [1.29, 1.82) is 5.26 Å². The quantitative estimate of drug-likeness (QED) is 0.842. The summed E-state index contributed by atoms with van der Waals surface area (Å²) in [6.07, 6.45) is 0. The van der Waals surface area contributed by atoms with Gasteiger partial charge in [-0.3, -0.25) is 0 Å². The van der Waals surface area contributed by atoms with Crippen LogP contribution in [0.25, 0.3) is 0 Å². The van der Waals surface area contributed by atoms with Crippen molar-refractivity contribution in [3.05, 3.63) is 28.8 Å². The Morgan fingerprint density at radius 1 is 1.22 bits per heavy atom. The van der Waals surface area contributed by atoms with E-state index in [9.17, 15) is 8.42 Å². The summed E-state index contributed by atoms with van der Waals surface area (Å²) in [5, 5.41) is 8.84. The number of hydrogen-bond acceptors (Lipinski definition) is 3. The van der Waals surface area contributed by atoms with E-state index in [1.54, 1.807) is 20.8 Å². The Balaban J connectivity index is 3.44. The zero-order valence-corrected chi connectivity index (χ0v) is 12.2. The van der Waals surface area contributed by atoms with Crippen molar-refractivity contribution in [2.45, 2.75) is 38.6 Å². The molecule has 1 rings (SSSR count). The lowest BCUT2D eigenvalue weighted by Crippen LogP contribution is -2.34. The first-order valence-electron chi connectivity index (χ1n) is 5.67. The molecule has 0 N–H and O–H groups in total. The summed E-state index contributed by atoms with van der Waals surface area (Å²) in [6, 6.07) is 4.93. The summed E-state index contributed by atoms with van der Waals surface area (Å²) in [7, 11) is -2.19. The zero-order valence-electron chi connectivity index (χ0n) is 11.4. The number of aryl methyl sites for hydroxylation is 3. The highest BCUT2D eigenvalue weighted by Gasteiger charge is 2.28. The normalized spacial score (nSPS) is 13.4. The largest absolute Gasteiger partial charge is 0.244 e. The monoisotopic (exact) mass is 266 g/mol. The summed E-state index contributed by atoms with van der Waals surface area (Å²) >= 11 is 0. The van der Waals surface area contributed by atoms with Crippen LogP contribution in [0.1, 0.15) is 23.6 Å². The fourth-order valence-electron chi connectivity index (χ4n) is 2.01. The van der Waals surface area contributed by atoms with Gasteiger partial charge in [0.25, 0.3) is 0 Å². The maximum absolute atomic E-state index is 12.5. The van der Waals surface area contributed by atoms with Gasteiger partial charge in [0.15, 0.2) is 0 Å². The fourth-order valence-corrected chi connectivity index (χ4v) is 3.69. The standard InChI is InChI=1S/C13H18N2O2S/c1-9-6-10(2)13(11(3)7-9)18(16,17)15(5)12(4)8-14/h6-7,12H,1-5H3. The molecule has 18 heavy (non-hydrogen) atoms. The zero-order chi connectivity index (χ0) is 14.1. The third-order valence-electron chi connectivity index (χ3n) is 2.97. The lowest BCUT2D eigenvalue weighted by atomic mass is 10.1. The van der Waals surface area contributed by atoms with Crippen LogP contribution in [0.15, 0.2) is 17.0 Å². The van der Waals surface area contributed by atoms with E-state index in [-0.39, 0.29) is 0 Å². The third kappa shape index (κ3) is 2.55. The number of hydrogen-bond donors (Lipinski definition) is 0. The fraction of sp³-hybridized carbons (Fsp3) is 0.462. The highest BCUT2D eigenvalue weighted by Crippen LogP contribution is 2.25. The molecule has 0 fully saturated rings. The number of nitrogens with zero attached hydrogens (tertiary/aromatic N) is 2. The van der Waals surface area contributed by atoms with E-state index < -0.39 is 16.1 Å². The first-order valence-corrected chi connectivity index (χ1v) is 7.11. The summed E-state index contributed by atoms with van der Waals surface area (Å²) < 4.78 is 26.0. The van der Waals surface area contributed by atoms with Gasteiger partial charge in [-0.05, 0) is 38.8 Å². The lowest BCUT2D eigenvalue weighted by molar-refractivity contribution is 0.441. The van der Waals surface area contributed by atoms with Gasteiger partial charge < -0.3 is 0 Å². The van der Waals surface area contributed by atoms with Gasteiger partial charge >= 0.3 is 0 Å². The SMILES string of the molecule is Cc1cc(C)c(S(=O)(=O)N(C)C(C)C#N)c(C)c1. The number of rotatable bonds is 3. The molecule has 4 nitrogen and oxygen atoms in total. The average molecular weight is 266 g/mol. The van der Waals surface area contributed by atoms with E-state index in [1.807, 2.05) is 25.1 Å². The smallest absolute Gasteiger partial charge is 0.207 e. The van der Waals surface area contributed by atoms with Crippen LogP contribution in [0.4, 0.5) is 0 Å². The molecule has 98 valence electrons. The minimum Gasteiger partial charge on any atom is -0.207 e. The van der Waals surface area contributed by atoms with E-state index in [0.717, 1.165) is 9.87 Å². The van der Waals surface area contributed by atoms with Gasteiger partial charge in [0.1, 0.15) is 6.04 Å². The number of nitriles is 1. The highest BCUT2D eigenvalue weighted by molar-refractivity contribution is 7.89. The Bertz CT molecular complexity index is 577. The molecule has 5 heteroatoms. The molecule has 0 spiro atoms. The second-order valence-electron chi connectivity index (χ2n) is 4.55. The van der Waals surface area contributed by atoms with Crippen molar-refractivity contribution in [1.82, 2.24) is 4.31 Å². The maximum atomic E-state index is 12.5. The molecule has 0 amide bonds. The van der Waals surface area contributed by atoms with Crippen LogP contribution in [-0.4, -0.2) is 25.8 Å². The second-order valence-corrected chi connectivity index (χ2v) is 6.49. The van der Waals surface area contributed by atoms with Crippen molar-refractivity contribution in [3.8, 4) is 6.07 Å². The Kier molecular flexibility index (Phi) is 4.15. The maximum Gasteiger partial charge on any atom is 0.244 e. The molecule has 1 aromatic carbocycles. The van der Waals surface area contributed by atoms with E-state index >= 15 is 0 Å². The van der Waals surface area contributed by atoms with Crippen LogP contribution in [0.5, 0.6) is 0 Å². The molecule has 1 atom stereocenters. The van der Waals surface area contributed by atoms with Crippen molar-refractivity contribution < 1.29 is 8.42 Å². The average Bonchev–Trinajstić information content (AvgIpc) is 2.24. The van der Waals surface area contributed by atoms with Crippen molar-refractivity contribution >= 4 is 10.0 Å². The van der Waals surface area contributed by atoms with Crippen LogP contribution in [0.3, 0.4) is 0 Å². The predicted octanol–water partition coefficient (Wildman–Crippen LogP) is 2.14. The molecule has 0 aliphatic carbocycles. The Labute approximate surface area is 109 Å². The minimum atomic E-state index is -3.62. The van der Waals surface area contributed by atoms with Crippen LogP contribution < -0.4 is 0 Å². The van der Waals surface area contributed by atoms with Gasteiger partial charge in [0.2, 0.25) is 10.0 Å². The molecule has 0 bridgehead atoms. The molecular formula is C13H18N2O2S. The van der Waals surface area contributed by atoms with Crippen LogP contribution in [0, 0.1) is 32.1 Å². The van der Waals surface area contributed by atoms with E-state index in [1.165, 1.54) is 7.05 Å². The molecule has 0 aromatic heterocycles. The summed E-state index contributed by atoms with van der Waals surface area (Å²) in [6.45, 7) is 7.05. The van der Waals surface area contributed by atoms with E-state index in [2.05, 4.69) is 0 Å². The van der Waals surface area contributed by atoms with Crippen LogP contribution in [0.2, 0.25) is 0 Å². The number of sulfonamides is 1. The molecule has 0 heterocycles. The van der Waals surface area contributed by atoms with Gasteiger partial charge in [0, 0.05) is 7.05 Å². The Morgan fingerprint density at radius 2 is 1.67 bits per heavy atom. The predicted molar refractivity (Wildman–Crippen MR) is 70.7 cm³/mol. The molecule has 0 radical (unpaired) electrons. The summed E-state index contributed by atoms with van der Waals surface area (Å²) in [5.41, 5.74) is 2.45. The second kappa shape index (κ2) is 5.09. The minimum absolute atomic E-state index is 0.303. The Hall–Kier alpha value is -1.38. The highest BCUT2D eigenvalue weighted by atomic mass is 32.2. The van der Waals surface area contributed by atoms with E-state index in [0.29, 0.717) is 16.0 Å². The van der Waals surface area contributed by atoms with Crippen molar-refractivity contribution in [3.63, 3.8) is 0 Å². The molecule has 0 saturated heterocycles. The first kappa shape index (κ1) is 14.7. The van der Waals surface area contributed by atoms with Crippen molar-refractivity contribution in [2.24, 2.45) is 0 Å². The third-order valence-corrected chi connectivity index (χ3v) is 5.21.